The molecule has 0 fully saturated rings. The van der Waals surface area contributed by atoms with Crippen LogP contribution in [0.3, 0.4) is 0 Å². The number of nitrogens with one attached hydrogen (secondary N) is 2. The van der Waals surface area contributed by atoms with Gasteiger partial charge < -0.3 is 10.3 Å². The molecule has 3 aromatic rings. The number of anilines is 1. The Balaban J connectivity index is 2.06. The van der Waals surface area contributed by atoms with E-state index < -0.39 is 0 Å². The van der Waals surface area contributed by atoms with Gasteiger partial charge in [-0.1, -0.05) is 60.7 Å². The van der Waals surface area contributed by atoms with Crippen LogP contribution < -0.4 is 5.32 Å². The fourth-order valence-electron chi connectivity index (χ4n) is 3.25. The van der Waals surface area contributed by atoms with Crippen LogP contribution >= 0.6 is 24.8 Å². The van der Waals surface area contributed by atoms with Gasteiger partial charge in [0.2, 0.25) is 0 Å². The van der Waals surface area contributed by atoms with Crippen molar-refractivity contribution in [1.82, 2.24) is 9.97 Å². The minimum atomic E-state index is -0.278. The van der Waals surface area contributed by atoms with E-state index in [9.17, 15) is 5.26 Å². The van der Waals surface area contributed by atoms with E-state index in [2.05, 4.69) is 34.0 Å². The number of thiol groups is 1. The predicted octanol–water partition coefficient (Wildman–Crippen LogP) is 5.03. The summed E-state index contributed by atoms with van der Waals surface area (Å²) in [6, 6.07) is 22.1. The molecule has 0 saturated heterocycles. The minimum Gasteiger partial charge on any atom is -0.334 e. The van der Waals surface area contributed by atoms with Crippen molar-refractivity contribution in [1.29, 1.82) is 5.26 Å². The van der Waals surface area contributed by atoms with Crippen LogP contribution in [0.15, 0.2) is 71.3 Å². The number of hydrogen-bond donors (Lipinski definition) is 3. The molecule has 1 unspecified atom stereocenters. The van der Waals surface area contributed by atoms with E-state index in [0.29, 0.717) is 21.2 Å². The zero-order chi connectivity index (χ0) is 18.1. The van der Waals surface area contributed by atoms with Crippen LogP contribution in [0.5, 0.6) is 0 Å². The van der Waals surface area contributed by atoms with Crippen LogP contribution in [0.1, 0.15) is 17.0 Å². The lowest BCUT2D eigenvalue weighted by Gasteiger charge is -2.28. The first-order chi connectivity index (χ1) is 12.7. The molecule has 0 radical (unpaired) electrons. The highest BCUT2D eigenvalue weighted by atomic mass is 32.1. The maximum atomic E-state index is 9.79. The maximum absolute atomic E-state index is 9.79. The van der Waals surface area contributed by atoms with Crippen LogP contribution in [0.4, 0.5) is 5.82 Å². The molecule has 1 atom stereocenters. The molecule has 2 heterocycles. The van der Waals surface area contributed by atoms with Crippen LogP contribution in [-0.4, -0.2) is 9.97 Å². The van der Waals surface area contributed by atoms with Gasteiger partial charge in [0.05, 0.1) is 28.3 Å². The van der Waals surface area contributed by atoms with Crippen LogP contribution in [0.25, 0.3) is 11.3 Å². The molecule has 6 heteroatoms. The third-order valence-electron chi connectivity index (χ3n) is 4.35. The van der Waals surface area contributed by atoms with Crippen LogP contribution in [0, 0.1) is 16.1 Å². The summed E-state index contributed by atoms with van der Waals surface area (Å²) in [6.45, 7) is 0. The molecule has 26 heavy (non-hydrogen) atoms. The quantitative estimate of drug-likeness (QED) is 0.435. The molecule has 2 aromatic carbocycles. The first-order valence-corrected chi connectivity index (χ1v) is 8.89. The topological polar surface area (TPSA) is 64.5 Å². The van der Waals surface area contributed by atoms with Gasteiger partial charge >= 0.3 is 0 Å². The van der Waals surface area contributed by atoms with Crippen LogP contribution in [0.2, 0.25) is 0 Å². The lowest BCUT2D eigenvalue weighted by Crippen LogP contribution is -2.19. The number of nitriles is 1. The standard InChI is InChI=1S/C20H14N4S2/c21-11-14-15(12-7-3-1-4-8-12)16-17(13-9-5-2-6-10-13)22-20(26)24-18(16)23-19(14)25/h1-10,15,25H,(H2,22,23,24,26). The second kappa shape index (κ2) is 6.79. The molecule has 1 aliphatic rings. The fraction of sp³-hybridized carbons (Fsp3) is 0.0500. The predicted molar refractivity (Wildman–Crippen MR) is 108 cm³/mol. The Morgan fingerprint density at radius 2 is 1.69 bits per heavy atom. The van der Waals surface area contributed by atoms with Crippen molar-refractivity contribution in [2.45, 2.75) is 5.92 Å². The van der Waals surface area contributed by atoms with Crippen molar-refractivity contribution in [3.05, 3.63) is 87.2 Å². The number of H-pyrrole nitrogens is 1. The van der Waals surface area contributed by atoms with Crippen LogP contribution in [-0.2, 0) is 0 Å². The lowest BCUT2D eigenvalue weighted by molar-refractivity contribution is 0.922. The van der Waals surface area contributed by atoms with Crippen molar-refractivity contribution in [2.24, 2.45) is 0 Å². The molecule has 1 aliphatic heterocycles. The Bertz CT molecular complexity index is 1100. The van der Waals surface area contributed by atoms with Crippen molar-refractivity contribution in [2.75, 3.05) is 5.32 Å². The normalized spacial score (nSPS) is 15.8. The zero-order valence-corrected chi connectivity index (χ0v) is 15.3. The molecule has 1 aromatic heterocycles. The largest absolute Gasteiger partial charge is 0.334 e. The summed E-state index contributed by atoms with van der Waals surface area (Å²) in [6.07, 6.45) is 0. The number of nitrogens with zero attached hydrogens (tertiary/aromatic N) is 2. The van der Waals surface area contributed by atoms with Gasteiger partial charge in [-0.25, -0.2) is 4.98 Å². The number of benzene rings is 2. The number of aromatic nitrogens is 2. The first-order valence-electron chi connectivity index (χ1n) is 8.04. The molecule has 4 nitrogen and oxygen atoms in total. The molecule has 0 spiro atoms. The van der Waals surface area contributed by atoms with E-state index in [1.54, 1.807) is 0 Å². The third kappa shape index (κ3) is 2.81. The highest BCUT2D eigenvalue weighted by Gasteiger charge is 2.32. The number of aromatic amines is 1. The average Bonchev–Trinajstić information content (AvgIpc) is 2.67. The van der Waals surface area contributed by atoms with E-state index in [1.807, 2.05) is 60.7 Å². The van der Waals surface area contributed by atoms with Gasteiger partial charge in [0.15, 0.2) is 4.77 Å². The summed E-state index contributed by atoms with van der Waals surface area (Å²) in [7, 11) is 0. The molecule has 0 amide bonds. The van der Waals surface area contributed by atoms with Gasteiger partial charge in [0, 0.05) is 5.56 Å². The number of fused-ring (bicyclic) bond motifs is 1. The number of hydrogen-bond acceptors (Lipinski definition) is 5. The van der Waals surface area contributed by atoms with E-state index in [0.717, 1.165) is 22.4 Å². The molecule has 0 aliphatic carbocycles. The Kier molecular flexibility index (Phi) is 4.33. The molecular weight excluding hydrogens is 360 g/mol. The Hall–Kier alpha value is -2.88. The smallest absolute Gasteiger partial charge is 0.199 e. The number of allylic oxidation sites excluding steroid dienone is 1. The summed E-state index contributed by atoms with van der Waals surface area (Å²) >= 11 is 9.81. The highest BCUT2D eigenvalue weighted by Crippen LogP contribution is 2.45. The molecule has 0 bridgehead atoms. The second-order valence-corrected chi connectivity index (χ2v) is 6.72. The SMILES string of the molecule is N#CC1=C(S)Nc2nc(=S)[nH]c(-c3ccccc3)c2C1c1ccccc1. The van der Waals surface area contributed by atoms with Gasteiger partial charge in [0.25, 0.3) is 0 Å². The highest BCUT2D eigenvalue weighted by molar-refractivity contribution is 7.84. The van der Waals surface area contributed by atoms with Crippen molar-refractivity contribution in [3.8, 4) is 17.3 Å². The van der Waals surface area contributed by atoms with Gasteiger partial charge in [0.1, 0.15) is 5.82 Å². The summed E-state index contributed by atoms with van der Waals surface area (Å²) in [4.78, 5) is 7.67. The Labute approximate surface area is 161 Å². The van der Waals surface area contributed by atoms with Gasteiger partial charge in [-0.15, -0.1) is 12.6 Å². The summed E-state index contributed by atoms with van der Waals surface area (Å²) in [5.74, 6) is 0.352. The fourth-order valence-corrected chi connectivity index (χ4v) is 3.73. The van der Waals surface area contributed by atoms with Crippen molar-refractivity contribution < 1.29 is 0 Å². The monoisotopic (exact) mass is 374 g/mol. The maximum Gasteiger partial charge on any atom is 0.199 e. The van der Waals surface area contributed by atoms with Gasteiger partial charge in [-0.2, -0.15) is 5.26 Å². The average molecular weight is 374 g/mol. The molecular formula is C20H14N4S2. The molecule has 4 rings (SSSR count). The zero-order valence-electron chi connectivity index (χ0n) is 13.6. The van der Waals surface area contributed by atoms with E-state index >= 15 is 0 Å². The Morgan fingerprint density at radius 1 is 1.04 bits per heavy atom. The van der Waals surface area contributed by atoms with E-state index in [-0.39, 0.29) is 5.92 Å². The van der Waals surface area contributed by atoms with Crippen molar-refractivity contribution in [3.63, 3.8) is 0 Å². The summed E-state index contributed by atoms with van der Waals surface area (Å²) < 4.78 is 0.378. The van der Waals surface area contributed by atoms with E-state index in [4.69, 9.17) is 12.2 Å². The van der Waals surface area contributed by atoms with Gasteiger partial charge in [-0.3, -0.25) is 0 Å². The minimum absolute atomic E-state index is 0.278. The molecule has 126 valence electrons. The third-order valence-corrected chi connectivity index (χ3v) is 4.90. The lowest BCUT2D eigenvalue weighted by atomic mass is 9.82. The number of rotatable bonds is 2. The summed E-state index contributed by atoms with van der Waals surface area (Å²) in [5.41, 5.74) is 4.29. The second-order valence-electron chi connectivity index (χ2n) is 5.89. The van der Waals surface area contributed by atoms with Gasteiger partial charge in [-0.05, 0) is 23.3 Å². The van der Waals surface area contributed by atoms with Crippen molar-refractivity contribution >= 4 is 30.7 Å². The molecule has 0 saturated carbocycles. The first kappa shape index (κ1) is 16.6. The summed E-state index contributed by atoms with van der Waals surface area (Å²) in [5, 5.41) is 13.4. The Morgan fingerprint density at radius 3 is 2.35 bits per heavy atom. The molecule has 2 N–H and O–H groups in total. The van der Waals surface area contributed by atoms with E-state index in [1.165, 1.54) is 0 Å².